The van der Waals surface area contributed by atoms with Gasteiger partial charge >= 0.3 is 0 Å². The number of nitrogens with two attached hydrogens (primary N) is 1. The molecule has 74 valence electrons. The minimum absolute atomic E-state index is 0.418. The molecule has 0 aromatic heterocycles. The number of allylic oxidation sites excluding steroid dienone is 1. The summed E-state index contributed by atoms with van der Waals surface area (Å²) in [5, 5.41) is 9.51. The summed E-state index contributed by atoms with van der Waals surface area (Å²) < 4.78 is 0. The van der Waals surface area contributed by atoms with Crippen molar-refractivity contribution in [2.75, 3.05) is 0 Å². The SMILES string of the molecule is C=CC(C)(O)CCC=C(C)C(N)=O. The molecule has 0 saturated heterocycles. The standard InChI is InChI=1S/C10H17NO2/c1-4-10(3,13)7-5-6-8(2)9(11)12/h4,6,13H,1,5,7H2,2-3H3,(H2,11,12). The average Bonchev–Trinajstić information content (AvgIpc) is 2.04. The molecule has 0 saturated carbocycles. The number of carbonyl (C=O) groups excluding carboxylic acids is 1. The van der Waals surface area contributed by atoms with E-state index in [1.54, 1.807) is 19.9 Å². The summed E-state index contributed by atoms with van der Waals surface area (Å²) in [6.45, 7) is 6.83. The largest absolute Gasteiger partial charge is 0.386 e. The Balaban J connectivity index is 3.99. The fourth-order valence-corrected chi connectivity index (χ4v) is 0.784. The zero-order chi connectivity index (χ0) is 10.5. The van der Waals surface area contributed by atoms with Gasteiger partial charge in [0.1, 0.15) is 0 Å². The number of carbonyl (C=O) groups is 1. The van der Waals surface area contributed by atoms with Crippen LogP contribution in [0.1, 0.15) is 26.7 Å². The molecule has 1 amide bonds. The Labute approximate surface area is 78.9 Å². The van der Waals surface area contributed by atoms with Crippen molar-refractivity contribution in [1.29, 1.82) is 0 Å². The molecule has 0 aromatic rings. The molecule has 13 heavy (non-hydrogen) atoms. The van der Waals surface area contributed by atoms with Crippen molar-refractivity contribution in [3.05, 3.63) is 24.3 Å². The van der Waals surface area contributed by atoms with Crippen molar-refractivity contribution in [2.24, 2.45) is 5.73 Å². The van der Waals surface area contributed by atoms with E-state index in [2.05, 4.69) is 6.58 Å². The van der Waals surface area contributed by atoms with E-state index in [0.29, 0.717) is 18.4 Å². The fourth-order valence-electron chi connectivity index (χ4n) is 0.784. The van der Waals surface area contributed by atoms with E-state index >= 15 is 0 Å². The van der Waals surface area contributed by atoms with Crippen LogP contribution < -0.4 is 5.73 Å². The van der Waals surface area contributed by atoms with Crippen molar-refractivity contribution in [2.45, 2.75) is 32.3 Å². The monoisotopic (exact) mass is 183 g/mol. The van der Waals surface area contributed by atoms with Crippen molar-refractivity contribution < 1.29 is 9.90 Å². The van der Waals surface area contributed by atoms with E-state index in [1.807, 2.05) is 0 Å². The van der Waals surface area contributed by atoms with Crippen LogP contribution in [0.25, 0.3) is 0 Å². The molecular weight excluding hydrogens is 166 g/mol. The number of primary amides is 1. The minimum Gasteiger partial charge on any atom is -0.386 e. The third-order valence-electron chi connectivity index (χ3n) is 1.93. The van der Waals surface area contributed by atoms with Crippen LogP contribution in [0.3, 0.4) is 0 Å². The first-order chi connectivity index (χ1) is 5.89. The zero-order valence-corrected chi connectivity index (χ0v) is 8.21. The second-order valence-corrected chi connectivity index (χ2v) is 3.35. The Hall–Kier alpha value is -1.09. The maximum Gasteiger partial charge on any atom is 0.244 e. The van der Waals surface area contributed by atoms with Crippen molar-refractivity contribution in [1.82, 2.24) is 0 Å². The molecule has 3 heteroatoms. The van der Waals surface area contributed by atoms with Gasteiger partial charge in [-0.15, -0.1) is 6.58 Å². The van der Waals surface area contributed by atoms with Gasteiger partial charge in [0.25, 0.3) is 0 Å². The van der Waals surface area contributed by atoms with Crippen LogP contribution in [0.2, 0.25) is 0 Å². The molecule has 0 aliphatic rings. The quantitative estimate of drug-likeness (QED) is 0.496. The Morgan fingerprint density at radius 2 is 2.23 bits per heavy atom. The molecular formula is C10H17NO2. The third kappa shape index (κ3) is 5.20. The van der Waals surface area contributed by atoms with Gasteiger partial charge < -0.3 is 10.8 Å². The summed E-state index contributed by atoms with van der Waals surface area (Å²) in [6, 6.07) is 0. The van der Waals surface area contributed by atoms with Crippen LogP contribution in [0.5, 0.6) is 0 Å². The first-order valence-electron chi connectivity index (χ1n) is 4.21. The highest BCUT2D eigenvalue weighted by molar-refractivity contribution is 5.91. The highest BCUT2D eigenvalue weighted by atomic mass is 16.3. The van der Waals surface area contributed by atoms with Crippen LogP contribution in [0, 0.1) is 0 Å². The Bertz CT molecular complexity index is 229. The molecule has 0 aliphatic carbocycles. The predicted octanol–water partition coefficient (Wildman–Crippen LogP) is 1.14. The van der Waals surface area contributed by atoms with Gasteiger partial charge in [-0.2, -0.15) is 0 Å². The molecule has 1 unspecified atom stereocenters. The van der Waals surface area contributed by atoms with E-state index in [9.17, 15) is 9.90 Å². The molecule has 0 radical (unpaired) electrons. The van der Waals surface area contributed by atoms with E-state index < -0.39 is 11.5 Å². The third-order valence-corrected chi connectivity index (χ3v) is 1.93. The van der Waals surface area contributed by atoms with Gasteiger partial charge in [-0.25, -0.2) is 0 Å². The lowest BCUT2D eigenvalue weighted by molar-refractivity contribution is -0.114. The molecule has 3 nitrogen and oxygen atoms in total. The molecule has 0 fully saturated rings. The predicted molar refractivity (Wildman–Crippen MR) is 53.0 cm³/mol. The smallest absolute Gasteiger partial charge is 0.244 e. The van der Waals surface area contributed by atoms with Gasteiger partial charge in [0, 0.05) is 5.57 Å². The molecule has 1 atom stereocenters. The number of aliphatic hydroxyl groups is 1. The lowest BCUT2D eigenvalue weighted by Crippen LogP contribution is -2.19. The second kappa shape index (κ2) is 4.82. The molecule has 0 bridgehead atoms. The maximum absolute atomic E-state index is 10.6. The van der Waals surface area contributed by atoms with Gasteiger partial charge in [0.15, 0.2) is 0 Å². The van der Waals surface area contributed by atoms with Crippen LogP contribution >= 0.6 is 0 Å². The lowest BCUT2D eigenvalue weighted by Gasteiger charge is -2.16. The summed E-state index contributed by atoms with van der Waals surface area (Å²) in [4.78, 5) is 10.6. The van der Waals surface area contributed by atoms with Crippen LogP contribution in [-0.2, 0) is 4.79 Å². The topological polar surface area (TPSA) is 63.3 Å². The van der Waals surface area contributed by atoms with Gasteiger partial charge in [-0.3, -0.25) is 4.79 Å². The van der Waals surface area contributed by atoms with Crippen molar-refractivity contribution in [3.63, 3.8) is 0 Å². The molecule has 0 heterocycles. The molecule has 0 rings (SSSR count). The first kappa shape index (κ1) is 11.9. The van der Waals surface area contributed by atoms with E-state index in [0.717, 1.165) is 0 Å². The number of rotatable bonds is 5. The molecule has 0 aliphatic heterocycles. The lowest BCUT2D eigenvalue weighted by atomic mass is 10.00. The summed E-state index contributed by atoms with van der Waals surface area (Å²) in [6.07, 6.45) is 4.37. The fraction of sp³-hybridized carbons (Fsp3) is 0.500. The number of amides is 1. The first-order valence-corrected chi connectivity index (χ1v) is 4.21. The van der Waals surface area contributed by atoms with Gasteiger partial charge in [-0.1, -0.05) is 12.2 Å². The Morgan fingerprint density at radius 1 is 1.69 bits per heavy atom. The van der Waals surface area contributed by atoms with Crippen LogP contribution in [-0.4, -0.2) is 16.6 Å². The second-order valence-electron chi connectivity index (χ2n) is 3.35. The normalized spacial score (nSPS) is 16.4. The maximum atomic E-state index is 10.6. The van der Waals surface area contributed by atoms with Crippen molar-refractivity contribution in [3.8, 4) is 0 Å². The molecule has 0 aromatic carbocycles. The van der Waals surface area contributed by atoms with Crippen molar-refractivity contribution >= 4 is 5.91 Å². The van der Waals surface area contributed by atoms with Gasteiger partial charge in [0.05, 0.1) is 5.60 Å². The van der Waals surface area contributed by atoms with Gasteiger partial charge in [-0.05, 0) is 26.7 Å². The average molecular weight is 183 g/mol. The number of hydrogen-bond donors (Lipinski definition) is 2. The summed E-state index contributed by atoms with van der Waals surface area (Å²) in [5.41, 5.74) is 4.69. The number of hydrogen-bond acceptors (Lipinski definition) is 2. The highest BCUT2D eigenvalue weighted by Crippen LogP contribution is 2.13. The Kier molecular flexibility index (Phi) is 4.42. The zero-order valence-electron chi connectivity index (χ0n) is 8.21. The molecule has 0 spiro atoms. The van der Waals surface area contributed by atoms with Crippen LogP contribution in [0.4, 0.5) is 0 Å². The Morgan fingerprint density at radius 3 is 2.62 bits per heavy atom. The van der Waals surface area contributed by atoms with E-state index in [1.165, 1.54) is 6.08 Å². The highest BCUT2D eigenvalue weighted by Gasteiger charge is 2.13. The molecule has 3 N–H and O–H groups in total. The minimum atomic E-state index is -0.867. The van der Waals surface area contributed by atoms with E-state index in [4.69, 9.17) is 5.73 Å². The summed E-state index contributed by atoms with van der Waals surface area (Å²) in [5.74, 6) is -0.418. The summed E-state index contributed by atoms with van der Waals surface area (Å²) in [7, 11) is 0. The van der Waals surface area contributed by atoms with Crippen LogP contribution in [0.15, 0.2) is 24.3 Å². The van der Waals surface area contributed by atoms with E-state index in [-0.39, 0.29) is 0 Å². The summed E-state index contributed by atoms with van der Waals surface area (Å²) >= 11 is 0. The van der Waals surface area contributed by atoms with Gasteiger partial charge in [0.2, 0.25) is 5.91 Å².